The van der Waals surface area contributed by atoms with E-state index < -0.39 is 12.7 Å². The van der Waals surface area contributed by atoms with E-state index in [4.69, 9.17) is 22.4 Å². The van der Waals surface area contributed by atoms with Crippen LogP contribution >= 0.6 is 22.9 Å². The van der Waals surface area contributed by atoms with Gasteiger partial charge in [0.25, 0.3) is 5.91 Å². The maximum absolute atomic E-state index is 12.7. The van der Waals surface area contributed by atoms with Crippen LogP contribution in [0.5, 0.6) is 0 Å². The van der Waals surface area contributed by atoms with Crippen molar-refractivity contribution in [3.8, 4) is 10.7 Å². The van der Waals surface area contributed by atoms with Crippen molar-refractivity contribution >= 4 is 40.4 Å². The first-order valence-corrected chi connectivity index (χ1v) is 13.0. The highest BCUT2D eigenvalue weighted by Crippen LogP contribution is 2.28. The van der Waals surface area contributed by atoms with Crippen molar-refractivity contribution < 1.29 is 15.0 Å². The SMILES string of the molecule is Nc1cc(C(=O)NCC2CCN(Cc3cnc(-c4ccccn4)s3)CC2)nc(NC[C@@H](O)CO)c1Cl. The van der Waals surface area contributed by atoms with Crippen LogP contribution in [0.2, 0.25) is 5.02 Å². The lowest BCUT2D eigenvalue weighted by Crippen LogP contribution is -2.38. The summed E-state index contributed by atoms with van der Waals surface area (Å²) >= 11 is 7.83. The zero-order valence-corrected chi connectivity index (χ0v) is 21.3. The lowest BCUT2D eigenvalue weighted by Gasteiger charge is -2.31. The van der Waals surface area contributed by atoms with Crippen molar-refractivity contribution in [2.24, 2.45) is 5.92 Å². The minimum atomic E-state index is -0.980. The van der Waals surface area contributed by atoms with Gasteiger partial charge in [-0.15, -0.1) is 11.3 Å². The molecule has 0 bridgehead atoms. The number of nitrogens with one attached hydrogen (secondary N) is 2. The second kappa shape index (κ2) is 12.4. The number of aliphatic hydroxyl groups excluding tert-OH is 2. The zero-order chi connectivity index (χ0) is 25.5. The molecule has 1 aliphatic heterocycles. The van der Waals surface area contributed by atoms with E-state index in [1.807, 2.05) is 24.4 Å². The van der Waals surface area contributed by atoms with Crippen LogP contribution in [0.1, 0.15) is 28.2 Å². The number of pyridine rings is 2. The van der Waals surface area contributed by atoms with Gasteiger partial charge in [-0.3, -0.25) is 14.7 Å². The number of hydrogen-bond acceptors (Lipinski definition) is 10. The molecule has 36 heavy (non-hydrogen) atoms. The molecule has 192 valence electrons. The minimum absolute atomic E-state index is 0.0261. The van der Waals surface area contributed by atoms with E-state index >= 15 is 0 Å². The first-order valence-electron chi connectivity index (χ1n) is 11.8. The second-order valence-corrected chi connectivity index (χ2v) is 10.2. The fourth-order valence-electron chi connectivity index (χ4n) is 3.95. The van der Waals surface area contributed by atoms with Crippen LogP contribution in [0.4, 0.5) is 11.5 Å². The topological polar surface area (TPSA) is 150 Å². The summed E-state index contributed by atoms with van der Waals surface area (Å²) in [5, 5.41) is 25.4. The average molecular weight is 532 g/mol. The standard InChI is InChI=1S/C24H30ClN7O3S/c25-21-18(26)9-20(31-22(21)28-11-16(34)14-33)23(35)29-10-15-4-7-32(8-5-15)13-17-12-30-24(36-17)19-3-1-2-6-27-19/h1-3,6,9,12,15-16,33-34H,4-5,7-8,10-11,13-14H2,(H,29,35)(H3,26,28,31)/t16-/m1/s1. The zero-order valence-electron chi connectivity index (χ0n) is 19.7. The van der Waals surface area contributed by atoms with E-state index in [0.717, 1.165) is 43.2 Å². The van der Waals surface area contributed by atoms with Crippen molar-refractivity contribution in [3.63, 3.8) is 0 Å². The number of hydrogen-bond donors (Lipinski definition) is 5. The molecule has 0 unspecified atom stereocenters. The molecule has 0 aromatic carbocycles. The van der Waals surface area contributed by atoms with Gasteiger partial charge < -0.3 is 26.6 Å². The van der Waals surface area contributed by atoms with Gasteiger partial charge in [0.1, 0.15) is 21.5 Å². The number of anilines is 2. The quantitative estimate of drug-likeness (QED) is 0.265. The molecule has 1 atom stereocenters. The van der Waals surface area contributed by atoms with Gasteiger partial charge in [0.15, 0.2) is 0 Å². The molecular weight excluding hydrogens is 502 g/mol. The summed E-state index contributed by atoms with van der Waals surface area (Å²) in [4.78, 5) is 29.5. The van der Waals surface area contributed by atoms with E-state index in [0.29, 0.717) is 12.5 Å². The third-order valence-electron chi connectivity index (χ3n) is 6.01. The summed E-state index contributed by atoms with van der Waals surface area (Å²) in [7, 11) is 0. The molecule has 0 radical (unpaired) electrons. The molecule has 0 spiro atoms. The molecule has 1 amide bonds. The number of rotatable bonds is 10. The highest BCUT2D eigenvalue weighted by molar-refractivity contribution is 7.14. The van der Waals surface area contributed by atoms with Gasteiger partial charge in [-0.2, -0.15) is 0 Å². The number of likely N-dealkylation sites (tertiary alicyclic amines) is 1. The number of thiazole rings is 1. The van der Waals surface area contributed by atoms with E-state index in [-0.39, 0.29) is 34.7 Å². The molecule has 10 nitrogen and oxygen atoms in total. The Morgan fingerprint density at radius 1 is 1.31 bits per heavy atom. The first-order chi connectivity index (χ1) is 17.4. The normalized spacial score (nSPS) is 15.5. The summed E-state index contributed by atoms with van der Waals surface area (Å²) < 4.78 is 0. The Labute approximate surface area is 218 Å². The van der Waals surface area contributed by atoms with Gasteiger partial charge in [0.2, 0.25) is 0 Å². The maximum atomic E-state index is 12.7. The number of amides is 1. The second-order valence-electron chi connectivity index (χ2n) is 8.75. The molecular formula is C24H30ClN7O3S. The van der Waals surface area contributed by atoms with Crippen molar-refractivity contribution in [3.05, 3.63) is 52.3 Å². The molecule has 3 aromatic heterocycles. The van der Waals surface area contributed by atoms with Crippen LogP contribution in [0.15, 0.2) is 36.7 Å². The smallest absolute Gasteiger partial charge is 0.270 e. The Kier molecular flexibility index (Phi) is 9.05. The van der Waals surface area contributed by atoms with E-state index in [9.17, 15) is 9.90 Å². The number of nitrogen functional groups attached to an aromatic ring is 1. The minimum Gasteiger partial charge on any atom is -0.397 e. The summed E-state index contributed by atoms with van der Waals surface area (Å²) in [5.74, 6) is 0.229. The Bertz CT molecular complexity index is 1160. The van der Waals surface area contributed by atoms with Crippen molar-refractivity contribution in [2.75, 3.05) is 43.8 Å². The maximum Gasteiger partial charge on any atom is 0.270 e. The summed E-state index contributed by atoms with van der Waals surface area (Å²) in [5.41, 5.74) is 7.18. The molecule has 6 N–H and O–H groups in total. The average Bonchev–Trinajstić information content (AvgIpc) is 3.37. The van der Waals surface area contributed by atoms with Gasteiger partial charge >= 0.3 is 0 Å². The molecule has 1 saturated heterocycles. The Morgan fingerprint density at radius 3 is 2.83 bits per heavy atom. The van der Waals surface area contributed by atoms with Crippen LogP contribution in [0, 0.1) is 5.92 Å². The van der Waals surface area contributed by atoms with Gasteiger partial charge in [0.05, 0.1) is 24.1 Å². The van der Waals surface area contributed by atoms with Crippen molar-refractivity contribution in [2.45, 2.75) is 25.5 Å². The predicted octanol–water partition coefficient (Wildman–Crippen LogP) is 2.24. The number of piperidine rings is 1. The lowest BCUT2D eigenvalue weighted by molar-refractivity contribution is 0.0930. The van der Waals surface area contributed by atoms with Gasteiger partial charge in [-0.1, -0.05) is 17.7 Å². The van der Waals surface area contributed by atoms with E-state index in [2.05, 4.69) is 30.5 Å². The Balaban J connectivity index is 1.24. The van der Waals surface area contributed by atoms with Gasteiger partial charge in [-0.05, 0) is 50.0 Å². The Hall–Kier alpha value is -2.83. The monoisotopic (exact) mass is 531 g/mol. The number of nitrogens with two attached hydrogens (primary N) is 1. The molecule has 3 aromatic rings. The van der Waals surface area contributed by atoms with Crippen molar-refractivity contribution in [1.82, 2.24) is 25.2 Å². The number of aliphatic hydroxyl groups is 2. The summed E-state index contributed by atoms with van der Waals surface area (Å²) in [6.45, 7) is 2.93. The van der Waals surface area contributed by atoms with Gasteiger partial charge in [0, 0.05) is 36.9 Å². The molecule has 4 rings (SSSR count). The largest absolute Gasteiger partial charge is 0.397 e. The lowest BCUT2D eigenvalue weighted by atomic mass is 9.96. The van der Waals surface area contributed by atoms with Crippen LogP contribution in [-0.4, -0.2) is 74.9 Å². The summed E-state index contributed by atoms with van der Waals surface area (Å²) in [6, 6.07) is 7.26. The number of carbonyl (C=O) groups excluding carboxylic acids is 1. The number of nitrogens with zero attached hydrogens (tertiary/aromatic N) is 4. The third-order valence-corrected chi connectivity index (χ3v) is 7.41. The number of carbonyl (C=O) groups is 1. The molecule has 4 heterocycles. The molecule has 1 fully saturated rings. The number of aromatic nitrogens is 3. The Morgan fingerprint density at radius 2 is 2.11 bits per heavy atom. The highest BCUT2D eigenvalue weighted by atomic mass is 35.5. The van der Waals surface area contributed by atoms with Crippen LogP contribution in [-0.2, 0) is 6.54 Å². The van der Waals surface area contributed by atoms with E-state index in [1.165, 1.54) is 10.9 Å². The first kappa shape index (κ1) is 26.2. The molecule has 12 heteroatoms. The molecule has 1 aliphatic rings. The van der Waals surface area contributed by atoms with Crippen LogP contribution in [0.3, 0.4) is 0 Å². The fraction of sp³-hybridized carbons (Fsp3) is 0.417. The predicted molar refractivity (Wildman–Crippen MR) is 141 cm³/mol. The molecule has 0 aliphatic carbocycles. The van der Waals surface area contributed by atoms with Gasteiger partial charge in [-0.25, -0.2) is 9.97 Å². The summed E-state index contributed by atoms with van der Waals surface area (Å²) in [6.07, 6.45) is 4.69. The fourth-order valence-corrected chi connectivity index (χ4v) is 5.04. The van der Waals surface area contributed by atoms with Crippen LogP contribution in [0.25, 0.3) is 10.7 Å². The highest BCUT2D eigenvalue weighted by Gasteiger charge is 2.22. The number of halogens is 1. The molecule has 0 saturated carbocycles. The third kappa shape index (κ3) is 6.89. The van der Waals surface area contributed by atoms with E-state index in [1.54, 1.807) is 17.5 Å². The van der Waals surface area contributed by atoms with Crippen molar-refractivity contribution in [1.29, 1.82) is 0 Å². The van der Waals surface area contributed by atoms with Crippen LogP contribution < -0.4 is 16.4 Å².